The molecule has 2 aromatic rings. The highest BCUT2D eigenvalue weighted by Crippen LogP contribution is 2.36. The van der Waals surface area contributed by atoms with Crippen LogP contribution in [0.2, 0.25) is 0 Å². The molecule has 7 heteroatoms. The van der Waals surface area contributed by atoms with Crippen LogP contribution in [0.4, 0.5) is 5.13 Å². The van der Waals surface area contributed by atoms with Crippen molar-refractivity contribution in [3.8, 4) is 0 Å². The highest BCUT2D eigenvalue weighted by atomic mass is 32.1. The molecule has 1 amide bonds. The minimum Gasteiger partial charge on any atom is -0.292 e. The average molecular weight is 347 g/mol. The van der Waals surface area contributed by atoms with E-state index in [-0.39, 0.29) is 5.91 Å². The number of carbonyl (C=O) groups excluding carboxylic acids is 1. The summed E-state index contributed by atoms with van der Waals surface area (Å²) in [6.07, 6.45) is 2.36. The van der Waals surface area contributed by atoms with Crippen molar-refractivity contribution in [3.05, 3.63) is 28.0 Å². The fraction of sp³-hybridized carbons (Fsp3) is 0.588. The van der Waals surface area contributed by atoms with Crippen LogP contribution in [0.3, 0.4) is 0 Å². The number of hydrogen-bond donors (Lipinski definition) is 0. The zero-order valence-corrected chi connectivity index (χ0v) is 15.9. The van der Waals surface area contributed by atoms with Crippen LogP contribution in [0.15, 0.2) is 5.38 Å². The molecule has 2 aromatic heterocycles. The first-order chi connectivity index (χ1) is 11.4. The topological polar surface area (TPSA) is 54.3 Å². The predicted molar refractivity (Wildman–Crippen MR) is 96.3 cm³/mol. The second-order valence-corrected chi connectivity index (χ2v) is 7.37. The van der Waals surface area contributed by atoms with Gasteiger partial charge in [-0.05, 0) is 33.2 Å². The van der Waals surface area contributed by atoms with E-state index in [2.05, 4.69) is 34.2 Å². The number of likely N-dealkylation sites (tertiary alicyclic amines) is 1. The molecular weight excluding hydrogens is 322 g/mol. The van der Waals surface area contributed by atoms with Gasteiger partial charge in [0.2, 0.25) is 5.91 Å². The molecule has 0 bridgehead atoms. The molecule has 0 aliphatic carbocycles. The number of carbonyl (C=O) groups is 1. The van der Waals surface area contributed by atoms with Gasteiger partial charge in [0.1, 0.15) is 0 Å². The Bertz CT molecular complexity index is 750. The summed E-state index contributed by atoms with van der Waals surface area (Å²) in [5.41, 5.74) is 4.78. The fourth-order valence-electron chi connectivity index (χ4n) is 3.48. The lowest BCUT2D eigenvalue weighted by Gasteiger charge is -2.24. The van der Waals surface area contributed by atoms with Crippen LogP contribution in [0, 0.1) is 13.8 Å². The molecule has 0 N–H and O–H groups in total. The summed E-state index contributed by atoms with van der Waals surface area (Å²) < 4.78 is 1.98. The van der Waals surface area contributed by atoms with Crippen LogP contribution >= 0.6 is 11.3 Å². The Morgan fingerprint density at radius 3 is 2.83 bits per heavy atom. The molecule has 0 unspecified atom stereocenters. The molecule has 0 saturated carbocycles. The first kappa shape index (κ1) is 17.1. The number of thiazole rings is 1. The number of aromatic nitrogens is 3. The van der Waals surface area contributed by atoms with Crippen LogP contribution in [0.25, 0.3) is 0 Å². The summed E-state index contributed by atoms with van der Waals surface area (Å²) in [5.74, 6) is 0.0107. The third-order valence-corrected chi connectivity index (χ3v) is 5.89. The Morgan fingerprint density at radius 2 is 2.21 bits per heavy atom. The third kappa shape index (κ3) is 3.10. The summed E-state index contributed by atoms with van der Waals surface area (Å²) in [7, 11) is 3.78. The molecule has 0 aromatic carbocycles. The van der Waals surface area contributed by atoms with Crippen LogP contribution in [-0.2, 0) is 18.4 Å². The normalized spacial score (nSPS) is 18.3. The van der Waals surface area contributed by atoms with Gasteiger partial charge >= 0.3 is 0 Å². The lowest BCUT2D eigenvalue weighted by atomic mass is 10.0. The lowest BCUT2D eigenvalue weighted by Crippen LogP contribution is -2.25. The fourth-order valence-corrected chi connectivity index (χ4v) is 4.31. The quantitative estimate of drug-likeness (QED) is 0.853. The molecule has 0 radical (unpaired) electrons. The zero-order valence-electron chi connectivity index (χ0n) is 15.0. The highest BCUT2D eigenvalue weighted by molar-refractivity contribution is 7.14. The van der Waals surface area contributed by atoms with Gasteiger partial charge in [-0.15, -0.1) is 11.3 Å². The van der Waals surface area contributed by atoms with Crippen molar-refractivity contribution in [2.45, 2.75) is 46.2 Å². The number of hydrogen-bond acceptors (Lipinski definition) is 5. The van der Waals surface area contributed by atoms with Crippen molar-refractivity contribution < 1.29 is 4.79 Å². The maximum atomic E-state index is 11.5. The SMILES string of the molecule is CC(=O)N(C)c1nc(CN2CCC[C@H]2c2c(C)nn(C)c2C)cs1. The van der Waals surface area contributed by atoms with Crippen LogP contribution in [0.5, 0.6) is 0 Å². The third-order valence-electron chi connectivity index (χ3n) is 4.93. The summed E-state index contributed by atoms with van der Waals surface area (Å²) >= 11 is 1.53. The molecule has 0 spiro atoms. The standard InChI is InChI=1S/C17H25N5OS/c1-11-16(12(2)21(5)19-11)15-7-6-8-22(15)9-14-10-24-17(18-14)20(4)13(3)23/h10,15H,6-9H2,1-5H3/t15-/m0/s1. The second-order valence-electron chi connectivity index (χ2n) is 6.54. The molecule has 24 heavy (non-hydrogen) atoms. The molecule has 3 rings (SSSR count). The number of anilines is 1. The van der Waals surface area contributed by atoms with Crippen molar-refractivity contribution in [2.75, 3.05) is 18.5 Å². The molecule has 1 atom stereocenters. The van der Waals surface area contributed by atoms with Crippen LogP contribution < -0.4 is 4.90 Å². The largest absolute Gasteiger partial charge is 0.292 e. The minimum absolute atomic E-state index is 0.0107. The maximum Gasteiger partial charge on any atom is 0.225 e. The lowest BCUT2D eigenvalue weighted by molar-refractivity contribution is -0.116. The van der Waals surface area contributed by atoms with E-state index in [4.69, 9.17) is 0 Å². The number of amides is 1. The summed E-state index contributed by atoms with van der Waals surface area (Å²) in [6, 6.07) is 0.411. The number of aryl methyl sites for hydroxylation is 2. The van der Waals surface area contributed by atoms with E-state index in [1.165, 1.54) is 29.0 Å². The predicted octanol–water partition coefficient (Wildman–Crippen LogP) is 2.81. The molecule has 1 aliphatic heterocycles. The number of nitrogens with zero attached hydrogens (tertiary/aromatic N) is 5. The Balaban J connectivity index is 1.78. The first-order valence-corrected chi connectivity index (χ1v) is 9.19. The van der Waals surface area contributed by atoms with E-state index in [9.17, 15) is 4.79 Å². The average Bonchev–Trinajstić information content (AvgIpc) is 3.21. The maximum absolute atomic E-state index is 11.5. The van der Waals surface area contributed by atoms with Crippen molar-refractivity contribution >= 4 is 22.4 Å². The second kappa shape index (κ2) is 6.64. The smallest absolute Gasteiger partial charge is 0.225 e. The van der Waals surface area contributed by atoms with Crippen molar-refractivity contribution in [2.24, 2.45) is 7.05 Å². The summed E-state index contributed by atoms with van der Waals surface area (Å²) in [5, 5.41) is 7.40. The van der Waals surface area contributed by atoms with E-state index in [1.807, 2.05) is 11.7 Å². The molecule has 130 valence electrons. The molecule has 3 heterocycles. The van der Waals surface area contributed by atoms with Gasteiger partial charge in [0.05, 0.1) is 11.4 Å². The Labute approximate surface area is 147 Å². The van der Waals surface area contributed by atoms with Gasteiger partial charge in [-0.3, -0.25) is 19.3 Å². The van der Waals surface area contributed by atoms with E-state index in [0.717, 1.165) is 36.0 Å². The van der Waals surface area contributed by atoms with Gasteiger partial charge in [-0.1, -0.05) is 0 Å². The van der Waals surface area contributed by atoms with Crippen molar-refractivity contribution in [3.63, 3.8) is 0 Å². The van der Waals surface area contributed by atoms with Crippen molar-refractivity contribution in [1.82, 2.24) is 19.7 Å². The van der Waals surface area contributed by atoms with E-state index in [1.54, 1.807) is 18.9 Å². The summed E-state index contributed by atoms with van der Waals surface area (Å²) in [6.45, 7) is 7.70. The summed E-state index contributed by atoms with van der Waals surface area (Å²) in [4.78, 5) is 20.2. The van der Waals surface area contributed by atoms with Gasteiger partial charge in [0, 0.05) is 50.2 Å². The van der Waals surface area contributed by atoms with Gasteiger partial charge in [-0.2, -0.15) is 5.10 Å². The molecule has 6 nitrogen and oxygen atoms in total. The van der Waals surface area contributed by atoms with E-state index < -0.39 is 0 Å². The monoisotopic (exact) mass is 347 g/mol. The Hall–Kier alpha value is -1.73. The Kier molecular flexibility index (Phi) is 4.73. The van der Waals surface area contributed by atoms with Crippen LogP contribution in [0.1, 0.15) is 48.5 Å². The molecule has 1 saturated heterocycles. The minimum atomic E-state index is 0.0107. The highest BCUT2D eigenvalue weighted by Gasteiger charge is 2.30. The molecule has 1 aliphatic rings. The van der Waals surface area contributed by atoms with Gasteiger partial charge < -0.3 is 0 Å². The molecular formula is C17H25N5OS. The first-order valence-electron chi connectivity index (χ1n) is 8.31. The van der Waals surface area contributed by atoms with Crippen LogP contribution in [-0.4, -0.2) is 39.2 Å². The van der Waals surface area contributed by atoms with E-state index in [0.29, 0.717) is 6.04 Å². The zero-order chi connectivity index (χ0) is 17.4. The van der Waals surface area contributed by atoms with Crippen molar-refractivity contribution in [1.29, 1.82) is 0 Å². The van der Waals surface area contributed by atoms with Gasteiger partial charge in [-0.25, -0.2) is 4.98 Å². The Morgan fingerprint density at radius 1 is 1.46 bits per heavy atom. The van der Waals surface area contributed by atoms with Gasteiger partial charge in [0.15, 0.2) is 5.13 Å². The van der Waals surface area contributed by atoms with E-state index >= 15 is 0 Å². The number of rotatable bonds is 4. The molecule has 1 fully saturated rings. The van der Waals surface area contributed by atoms with Gasteiger partial charge in [0.25, 0.3) is 0 Å².